The third-order valence-corrected chi connectivity index (χ3v) is 7.23. The minimum atomic E-state index is -0.141. The van der Waals surface area contributed by atoms with Crippen molar-refractivity contribution in [2.45, 2.75) is 102 Å². The molecule has 1 aromatic carbocycles. The van der Waals surface area contributed by atoms with Gasteiger partial charge in [0.15, 0.2) is 0 Å². The summed E-state index contributed by atoms with van der Waals surface area (Å²) in [4.78, 5) is 23.6. The molecule has 0 spiro atoms. The van der Waals surface area contributed by atoms with E-state index in [9.17, 15) is 9.59 Å². The first-order valence-corrected chi connectivity index (χ1v) is 13.7. The van der Waals surface area contributed by atoms with Crippen LogP contribution in [0, 0.1) is 0 Å². The van der Waals surface area contributed by atoms with Gasteiger partial charge in [0, 0.05) is 24.9 Å². The quantitative estimate of drug-likeness (QED) is 0.258. The molecule has 1 aliphatic heterocycles. The van der Waals surface area contributed by atoms with Crippen LogP contribution in [0.15, 0.2) is 24.3 Å². The summed E-state index contributed by atoms with van der Waals surface area (Å²) in [5.41, 5.74) is 1.92. The number of thioether (sulfide) groups is 1. The van der Waals surface area contributed by atoms with Crippen molar-refractivity contribution >= 4 is 29.3 Å². The molecule has 0 aliphatic carbocycles. The summed E-state index contributed by atoms with van der Waals surface area (Å²) < 4.78 is 0. The number of unbranched alkanes of at least 4 members (excludes halogenated alkanes) is 11. The van der Waals surface area contributed by atoms with Gasteiger partial charge in [0.05, 0.1) is 11.4 Å². The van der Waals surface area contributed by atoms with Crippen LogP contribution in [0.2, 0.25) is 0 Å². The number of hydrogen-bond donors (Lipinski definition) is 3. The Kier molecular flexibility index (Phi) is 13.5. The van der Waals surface area contributed by atoms with Gasteiger partial charge in [0.25, 0.3) is 0 Å². The van der Waals surface area contributed by atoms with Gasteiger partial charge in [-0.3, -0.25) is 14.9 Å². The maximum atomic E-state index is 12.5. The Bertz CT molecular complexity index is 666. The maximum Gasteiger partial charge on any atom is 0.238 e. The van der Waals surface area contributed by atoms with Crippen LogP contribution < -0.4 is 16.0 Å². The summed E-state index contributed by atoms with van der Waals surface area (Å²) in [7, 11) is 0. The zero-order valence-electron chi connectivity index (χ0n) is 20.1. The Labute approximate surface area is 199 Å². The van der Waals surface area contributed by atoms with Crippen molar-refractivity contribution in [3.05, 3.63) is 29.8 Å². The van der Waals surface area contributed by atoms with E-state index in [2.05, 4.69) is 22.9 Å². The SMILES string of the molecule is CCCCCCCCCCCCCCNC(=O)[C@H]1CSC(c2ccc(NC(C)=O)cc2)N1. The highest BCUT2D eigenvalue weighted by Crippen LogP contribution is 2.33. The normalized spacial score (nSPS) is 17.9. The van der Waals surface area contributed by atoms with E-state index < -0.39 is 0 Å². The van der Waals surface area contributed by atoms with Gasteiger partial charge >= 0.3 is 0 Å². The summed E-state index contributed by atoms with van der Waals surface area (Å²) in [5, 5.41) is 9.42. The molecule has 1 unspecified atom stereocenters. The molecule has 2 atom stereocenters. The zero-order valence-corrected chi connectivity index (χ0v) is 20.9. The van der Waals surface area contributed by atoms with Crippen molar-refractivity contribution in [1.29, 1.82) is 0 Å². The van der Waals surface area contributed by atoms with Crippen molar-refractivity contribution < 1.29 is 9.59 Å². The summed E-state index contributed by atoms with van der Waals surface area (Å²) in [5.74, 6) is 0.816. The van der Waals surface area contributed by atoms with Crippen LogP contribution in [0.5, 0.6) is 0 Å². The largest absolute Gasteiger partial charge is 0.355 e. The van der Waals surface area contributed by atoms with Gasteiger partial charge in [-0.05, 0) is 24.1 Å². The third-order valence-electron chi connectivity index (χ3n) is 5.96. The molecular weight excluding hydrogens is 418 g/mol. The van der Waals surface area contributed by atoms with Gasteiger partial charge < -0.3 is 10.6 Å². The lowest BCUT2D eigenvalue weighted by molar-refractivity contribution is -0.122. The Morgan fingerprint density at radius 1 is 0.906 bits per heavy atom. The molecule has 0 radical (unpaired) electrons. The Balaban J connectivity index is 1.48. The lowest BCUT2D eigenvalue weighted by atomic mass is 10.1. The van der Waals surface area contributed by atoms with Crippen LogP contribution >= 0.6 is 11.8 Å². The van der Waals surface area contributed by atoms with Crippen LogP contribution in [-0.4, -0.2) is 30.2 Å². The summed E-state index contributed by atoms with van der Waals surface area (Å²) >= 11 is 1.75. The van der Waals surface area contributed by atoms with Crippen molar-refractivity contribution in [1.82, 2.24) is 10.6 Å². The summed E-state index contributed by atoms with van der Waals surface area (Å²) in [6, 6.07) is 7.67. The molecule has 1 saturated heterocycles. The van der Waals surface area contributed by atoms with Crippen molar-refractivity contribution in [2.24, 2.45) is 0 Å². The van der Waals surface area contributed by atoms with Crippen LogP contribution in [0.25, 0.3) is 0 Å². The van der Waals surface area contributed by atoms with Gasteiger partial charge in [0.1, 0.15) is 0 Å². The number of amides is 2. The third kappa shape index (κ3) is 10.9. The summed E-state index contributed by atoms with van der Waals surface area (Å²) in [6.45, 7) is 4.54. The average Bonchev–Trinajstić information content (AvgIpc) is 3.27. The van der Waals surface area contributed by atoms with Crippen LogP contribution in [0.4, 0.5) is 5.69 Å². The van der Waals surface area contributed by atoms with E-state index in [4.69, 9.17) is 0 Å². The van der Waals surface area contributed by atoms with E-state index in [-0.39, 0.29) is 23.2 Å². The second kappa shape index (κ2) is 16.1. The molecule has 1 fully saturated rings. The number of nitrogens with one attached hydrogen (secondary N) is 3. The van der Waals surface area contributed by atoms with E-state index in [1.807, 2.05) is 24.3 Å². The fourth-order valence-electron chi connectivity index (χ4n) is 4.06. The topological polar surface area (TPSA) is 70.2 Å². The number of rotatable bonds is 16. The first kappa shape index (κ1) is 26.7. The first-order valence-electron chi connectivity index (χ1n) is 12.6. The van der Waals surface area contributed by atoms with Gasteiger partial charge in [-0.15, -0.1) is 11.8 Å². The molecule has 2 rings (SSSR count). The second-order valence-electron chi connectivity index (χ2n) is 8.92. The molecule has 3 N–H and O–H groups in total. The van der Waals surface area contributed by atoms with Gasteiger partial charge in [-0.25, -0.2) is 0 Å². The van der Waals surface area contributed by atoms with Crippen molar-refractivity contribution in [3.8, 4) is 0 Å². The fourth-order valence-corrected chi connectivity index (χ4v) is 5.30. The Hall–Kier alpha value is -1.53. The molecule has 1 aliphatic rings. The Morgan fingerprint density at radius 2 is 1.47 bits per heavy atom. The molecule has 0 aromatic heterocycles. The van der Waals surface area contributed by atoms with E-state index in [1.54, 1.807) is 11.8 Å². The molecule has 2 amide bonds. The lowest BCUT2D eigenvalue weighted by Gasteiger charge is -2.14. The number of carbonyl (C=O) groups is 2. The highest BCUT2D eigenvalue weighted by Gasteiger charge is 2.30. The molecule has 6 heteroatoms. The molecule has 32 heavy (non-hydrogen) atoms. The van der Waals surface area contributed by atoms with Gasteiger partial charge in [-0.2, -0.15) is 0 Å². The zero-order chi connectivity index (χ0) is 23.0. The predicted molar refractivity (Wildman–Crippen MR) is 137 cm³/mol. The number of benzene rings is 1. The van der Waals surface area contributed by atoms with E-state index in [0.29, 0.717) is 0 Å². The van der Waals surface area contributed by atoms with Crippen LogP contribution in [-0.2, 0) is 9.59 Å². The van der Waals surface area contributed by atoms with Crippen molar-refractivity contribution in [2.75, 3.05) is 17.6 Å². The molecule has 1 heterocycles. The fraction of sp³-hybridized carbons (Fsp3) is 0.692. The van der Waals surface area contributed by atoms with Crippen LogP contribution in [0.1, 0.15) is 102 Å². The molecular formula is C26H43N3O2S. The Morgan fingerprint density at radius 3 is 2.03 bits per heavy atom. The smallest absolute Gasteiger partial charge is 0.238 e. The highest BCUT2D eigenvalue weighted by atomic mass is 32.2. The minimum absolute atomic E-state index is 0.0731. The number of anilines is 1. The number of carbonyl (C=O) groups excluding carboxylic acids is 2. The predicted octanol–water partition coefficient (Wildman–Crippen LogP) is 6.17. The number of hydrogen-bond acceptors (Lipinski definition) is 4. The molecule has 0 bridgehead atoms. The second-order valence-corrected chi connectivity index (χ2v) is 10.1. The highest BCUT2D eigenvalue weighted by molar-refractivity contribution is 7.99. The first-order chi connectivity index (χ1) is 15.6. The lowest BCUT2D eigenvalue weighted by Crippen LogP contribution is -2.42. The summed E-state index contributed by atoms with van der Waals surface area (Å²) in [6.07, 6.45) is 15.9. The molecule has 1 aromatic rings. The van der Waals surface area contributed by atoms with E-state index in [0.717, 1.165) is 30.0 Å². The van der Waals surface area contributed by atoms with Crippen LogP contribution in [0.3, 0.4) is 0 Å². The van der Waals surface area contributed by atoms with E-state index >= 15 is 0 Å². The van der Waals surface area contributed by atoms with Crippen molar-refractivity contribution in [3.63, 3.8) is 0 Å². The standard InChI is InChI=1S/C26H43N3O2S/c1-3-4-5-6-7-8-9-10-11-12-13-14-19-27-25(31)24-20-32-26(29-24)22-15-17-23(18-16-22)28-21(2)30/h15-18,24,26,29H,3-14,19-20H2,1-2H3,(H,27,31)(H,28,30)/t24-,26?/m1/s1. The monoisotopic (exact) mass is 461 g/mol. The molecule has 5 nitrogen and oxygen atoms in total. The van der Waals surface area contributed by atoms with Gasteiger partial charge in [-0.1, -0.05) is 89.7 Å². The van der Waals surface area contributed by atoms with Gasteiger partial charge in [0.2, 0.25) is 11.8 Å². The average molecular weight is 462 g/mol. The maximum absolute atomic E-state index is 12.5. The molecule has 0 saturated carbocycles. The minimum Gasteiger partial charge on any atom is -0.355 e. The van der Waals surface area contributed by atoms with E-state index in [1.165, 1.54) is 77.6 Å². The molecule has 180 valence electrons.